The van der Waals surface area contributed by atoms with Gasteiger partial charge in [-0.3, -0.25) is 0 Å². The molecule has 7 nitrogen and oxygen atoms in total. The van der Waals surface area contributed by atoms with Crippen LogP contribution in [0, 0.1) is 0 Å². The number of benzene rings is 1. The van der Waals surface area contributed by atoms with Gasteiger partial charge in [0.25, 0.3) is 0 Å². The van der Waals surface area contributed by atoms with Gasteiger partial charge in [0.2, 0.25) is 0 Å². The lowest BCUT2D eigenvalue weighted by molar-refractivity contribution is 0.122. The van der Waals surface area contributed by atoms with Crippen LogP contribution >= 0.6 is 0 Å². The summed E-state index contributed by atoms with van der Waals surface area (Å²) >= 11 is 0. The van der Waals surface area contributed by atoms with Crippen molar-refractivity contribution in [1.29, 1.82) is 0 Å². The third-order valence-electron chi connectivity index (χ3n) is 6.55. The molecule has 3 heterocycles. The Morgan fingerprint density at radius 2 is 1.97 bits per heavy atom. The second-order valence-electron chi connectivity index (χ2n) is 9.46. The summed E-state index contributed by atoms with van der Waals surface area (Å²) in [5.41, 5.74) is 5.58. The summed E-state index contributed by atoms with van der Waals surface area (Å²) in [6, 6.07) is 8.87. The van der Waals surface area contributed by atoms with Crippen LogP contribution in [0.5, 0.6) is 5.75 Å². The van der Waals surface area contributed by atoms with Crippen LogP contribution in [0.25, 0.3) is 16.9 Å². The van der Waals surface area contributed by atoms with Crippen LogP contribution in [0.1, 0.15) is 56.1 Å². The molecule has 5 rings (SSSR count). The third-order valence-corrected chi connectivity index (χ3v) is 6.55. The molecular weight excluding hydrogens is 414 g/mol. The Hall–Kier alpha value is -2.64. The molecule has 176 valence electrons. The number of fused-ring (bicyclic) bond motifs is 1. The summed E-state index contributed by atoms with van der Waals surface area (Å²) in [5.74, 6) is 3.02. The molecule has 2 aliphatic rings. The Morgan fingerprint density at radius 1 is 1.15 bits per heavy atom. The number of aromatic nitrogens is 3. The molecule has 2 fully saturated rings. The molecule has 1 aromatic carbocycles. The number of morpholine rings is 1. The van der Waals surface area contributed by atoms with Crippen LogP contribution in [0.2, 0.25) is 0 Å². The van der Waals surface area contributed by atoms with E-state index in [4.69, 9.17) is 19.6 Å². The Morgan fingerprint density at radius 3 is 2.70 bits per heavy atom. The highest BCUT2D eigenvalue weighted by molar-refractivity contribution is 5.70. The predicted octanol–water partition coefficient (Wildman–Crippen LogP) is 4.22. The van der Waals surface area contributed by atoms with E-state index < -0.39 is 0 Å². The van der Waals surface area contributed by atoms with Crippen molar-refractivity contribution >= 4 is 11.5 Å². The zero-order chi connectivity index (χ0) is 22.8. The molecule has 1 aliphatic heterocycles. The van der Waals surface area contributed by atoms with Gasteiger partial charge in [0, 0.05) is 30.3 Å². The van der Waals surface area contributed by atoms with Crippen molar-refractivity contribution in [3.8, 4) is 17.0 Å². The fourth-order valence-corrected chi connectivity index (χ4v) is 4.48. The number of hydrogen-bond donors (Lipinski definition) is 1. The van der Waals surface area contributed by atoms with Gasteiger partial charge in [-0.05, 0) is 68.5 Å². The van der Waals surface area contributed by atoms with Crippen LogP contribution in [0.15, 0.2) is 30.5 Å². The minimum Gasteiger partial charge on any atom is -0.494 e. The predicted molar refractivity (Wildman–Crippen MR) is 132 cm³/mol. The average molecular weight is 450 g/mol. The lowest BCUT2D eigenvalue weighted by Crippen LogP contribution is -2.37. The molecule has 0 amide bonds. The van der Waals surface area contributed by atoms with Crippen molar-refractivity contribution in [2.45, 2.75) is 44.9 Å². The Balaban J connectivity index is 1.58. The average Bonchev–Trinajstić information content (AvgIpc) is 3.60. The molecule has 0 unspecified atom stereocenters. The molecule has 33 heavy (non-hydrogen) atoms. The standard InChI is InChI=1S/C26H35N5O2/c1-18(2)23-17-28-31-25(30-8-11-32-12-9-30)16-24(29-26(23)31)21-13-20(19-5-6-19)14-22(15-21)33-10-4-7-27-3/h13-19,27H,4-12H2,1-3H3. The fourth-order valence-electron chi connectivity index (χ4n) is 4.48. The summed E-state index contributed by atoms with van der Waals surface area (Å²) in [6.07, 6.45) is 5.47. The van der Waals surface area contributed by atoms with Crippen molar-refractivity contribution < 1.29 is 9.47 Å². The van der Waals surface area contributed by atoms with E-state index in [1.165, 1.54) is 24.0 Å². The number of nitrogens with one attached hydrogen (secondary N) is 1. The van der Waals surface area contributed by atoms with E-state index in [2.05, 4.69) is 48.3 Å². The van der Waals surface area contributed by atoms with Crippen molar-refractivity contribution in [2.75, 3.05) is 51.4 Å². The molecule has 2 aromatic heterocycles. The topological polar surface area (TPSA) is 63.9 Å². The minimum absolute atomic E-state index is 0.353. The van der Waals surface area contributed by atoms with Crippen molar-refractivity contribution in [3.63, 3.8) is 0 Å². The monoisotopic (exact) mass is 449 g/mol. The van der Waals surface area contributed by atoms with E-state index >= 15 is 0 Å². The van der Waals surface area contributed by atoms with Gasteiger partial charge in [0.15, 0.2) is 5.65 Å². The first kappa shape index (κ1) is 22.2. The summed E-state index contributed by atoms with van der Waals surface area (Å²) in [4.78, 5) is 7.49. The molecule has 1 N–H and O–H groups in total. The SMILES string of the molecule is CNCCCOc1cc(-c2cc(N3CCOCC3)n3ncc(C(C)C)c3n2)cc(C2CC2)c1. The van der Waals surface area contributed by atoms with Gasteiger partial charge in [0.05, 0.1) is 31.7 Å². The lowest BCUT2D eigenvalue weighted by Gasteiger charge is -2.29. The number of hydrogen-bond acceptors (Lipinski definition) is 6. The fraction of sp³-hybridized carbons (Fsp3) is 0.538. The molecule has 1 saturated heterocycles. The maximum atomic E-state index is 6.16. The molecule has 1 saturated carbocycles. The zero-order valence-corrected chi connectivity index (χ0v) is 20.0. The number of anilines is 1. The van der Waals surface area contributed by atoms with Gasteiger partial charge in [-0.15, -0.1) is 0 Å². The Kier molecular flexibility index (Phi) is 6.51. The summed E-state index contributed by atoms with van der Waals surface area (Å²) in [7, 11) is 1.97. The van der Waals surface area contributed by atoms with Gasteiger partial charge in [-0.2, -0.15) is 9.61 Å². The highest BCUT2D eigenvalue weighted by Gasteiger charge is 2.26. The first-order valence-electron chi connectivity index (χ1n) is 12.3. The van der Waals surface area contributed by atoms with Gasteiger partial charge in [-0.1, -0.05) is 13.8 Å². The van der Waals surface area contributed by atoms with Crippen LogP contribution in [-0.4, -0.2) is 61.1 Å². The van der Waals surface area contributed by atoms with Crippen LogP contribution < -0.4 is 15.0 Å². The van der Waals surface area contributed by atoms with Gasteiger partial charge in [0.1, 0.15) is 11.6 Å². The summed E-state index contributed by atoms with van der Waals surface area (Å²) < 4.78 is 13.8. The second kappa shape index (κ2) is 9.69. The van der Waals surface area contributed by atoms with Gasteiger partial charge in [-0.25, -0.2) is 4.98 Å². The number of rotatable bonds is 9. The molecule has 0 bridgehead atoms. The van der Waals surface area contributed by atoms with Crippen molar-refractivity contribution in [1.82, 2.24) is 19.9 Å². The van der Waals surface area contributed by atoms with Crippen molar-refractivity contribution in [3.05, 3.63) is 41.6 Å². The van der Waals surface area contributed by atoms with Gasteiger partial charge < -0.3 is 19.7 Å². The molecule has 3 aromatic rings. The number of ether oxygens (including phenoxy) is 2. The maximum absolute atomic E-state index is 6.16. The summed E-state index contributed by atoms with van der Waals surface area (Å²) in [5, 5.41) is 7.91. The lowest BCUT2D eigenvalue weighted by atomic mass is 10.0. The molecular formula is C26H35N5O2. The third kappa shape index (κ3) is 4.84. The van der Waals surface area contributed by atoms with E-state index in [9.17, 15) is 0 Å². The molecule has 0 spiro atoms. The smallest absolute Gasteiger partial charge is 0.161 e. The van der Waals surface area contributed by atoms with E-state index in [1.807, 2.05) is 17.8 Å². The van der Waals surface area contributed by atoms with Gasteiger partial charge >= 0.3 is 0 Å². The number of nitrogens with zero attached hydrogens (tertiary/aromatic N) is 4. The normalized spacial score (nSPS) is 16.7. The Bertz CT molecular complexity index is 1100. The molecule has 7 heteroatoms. The molecule has 0 atom stereocenters. The quantitative estimate of drug-likeness (QED) is 0.494. The highest BCUT2D eigenvalue weighted by Crippen LogP contribution is 2.43. The van der Waals surface area contributed by atoms with E-state index in [1.54, 1.807) is 0 Å². The first-order valence-corrected chi connectivity index (χ1v) is 12.3. The van der Waals surface area contributed by atoms with E-state index in [0.29, 0.717) is 18.4 Å². The zero-order valence-electron chi connectivity index (χ0n) is 20.0. The maximum Gasteiger partial charge on any atom is 0.161 e. The largest absolute Gasteiger partial charge is 0.494 e. The summed E-state index contributed by atoms with van der Waals surface area (Å²) in [6.45, 7) is 9.25. The van der Waals surface area contributed by atoms with E-state index in [-0.39, 0.29) is 0 Å². The Labute approximate surface area is 196 Å². The minimum atomic E-state index is 0.353. The molecule has 1 aliphatic carbocycles. The van der Waals surface area contributed by atoms with Crippen LogP contribution in [0.4, 0.5) is 5.82 Å². The van der Waals surface area contributed by atoms with E-state index in [0.717, 1.165) is 67.7 Å². The second-order valence-corrected chi connectivity index (χ2v) is 9.46. The van der Waals surface area contributed by atoms with Crippen molar-refractivity contribution in [2.24, 2.45) is 0 Å². The van der Waals surface area contributed by atoms with Crippen LogP contribution in [-0.2, 0) is 4.74 Å². The van der Waals surface area contributed by atoms with Crippen LogP contribution in [0.3, 0.4) is 0 Å². The highest BCUT2D eigenvalue weighted by atomic mass is 16.5. The molecule has 0 radical (unpaired) electrons. The first-order chi connectivity index (χ1) is 16.1.